The molecular weight excluding hydrogens is 492 g/mol. The van der Waals surface area contributed by atoms with Crippen LogP contribution in [0, 0.1) is 0 Å². The van der Waals surface area contributed by atoms with Crippen LogP contribution < -0.4 is 10.2 Å². The van der Waals surface area contributed by atoms with Crippen molar-refractivity contribution in [3.05, 3.63) is 42.4 Å². The number of anilines is 2. The van der Waals surface area contributed by atoms with E-state index in [9.17, 15) is 18.0 Å². The maximum Gasteiger partial charge on any atom is 0.305 e. The molecule has 1 N–H and O–H groups in total. The first-order chi connectivity index (χ1) is 17.8. The number of amides is 1. The number of esters is 1. The molecule has 9 nitrogen and oxygen atoms in total. The first kappa shape index (κ1) is 28.6. The summed E-state index contributed by atoms with van der Waals surface area (Å²) in [5, 5.41) is 2.79. The molecule has 1 aliphatic rings. The summed E-state index contributed by atoms with van der Waals surface area (Å²) in [5.74, 6) is -0.176. The highest BCUT2D eigenvalue weighted by Gasteiger charge is 2.23. The van der Waals surface area contributed by atoms with Gasteiger partial charge in [-0.3, -0.25) is 9.59 Å². The molecule has 1 aromatic heterocycles. The number of benzene rings is 1. The molecule has 1 saturated carbocycles. The number of rotatable bonds is 13. The zero-order valence-electron chi connectivity index (χ0n) is 21.8. The van der Waals surface area contributed by atoms with Gasteiger partial charge < -0.3 is 15.0 Å². The lowest BCUT2D eigenvalue weighted by Gasteiger charge is -2.35. The van der Waals surface area contributed by atoms with Gasteiger partial charge in [0.15, 0.2) is 9.84 Å². The second kappa shape index (κ2) is 14.1. The topological polar surface area (TPSA) is 119 Å². The number of unbranched alkanes of at least 4 members (excludes halogenated alkanes) is 1. The van der Waals surface area contributed by atoms with Crippen LogP contribution in [-0.2, 0) is 19.4 Å². The van der Waals surface area contributed by atoms with Crippen molar-refractivity contribution < 1.29 is 22.7 Å². The molecule has 0 aliphatic heterocycles. The number of nitrogens with one attached hydrogen (secondary N) is 1. The molecule has 0 saturated heterocycles. The van der Waals surface area contributed by atoms with Gasteiger partial charge in [-0.15, -0.1) is 0 Å². The van der Waals surface area contributed by atoms with Crippen LogP contribution in [0.2, 0.25) is 0 Å². The van der Waals surface area contributed by atoms with Gasteiger partial charge >= 0.3 is 5.97 Å². The van der Waals surface area contributed by atoms with Gasteiger partial charge in [0.05, 0.1) is 17.3 Å². The Labute approximate surface area is 219 Å². The van der Waals surface area contributed by atoms with Crippen LogP contribution in [0.5, 0.6) is 0 Å². The number of carbonyl (C=O) groups is 2. The summed E-state index contributed by atoms with van der Waals surface area (Å²) >= 11 is 0. The molecule has 0 bridgehead atoms. The summed E-state index contributed by atoms with van der Waals surface area (Å²) in [6.07, 6.45) is 9.76. The third kappa shape index (κ3) is 8.52. The summed E-state index contributed by atoms with van der Waals surface area (Å²) in [6, 6.07) is 8.17. The highest BCUT2D eigenvalue weighted by molar-refractivity contribution is 7.91. The molecule has 1 fully saturated rings. The Balaban J connectivity index is 1.64. The maximum absolute atomic E-state index is 12.9. The van der Waals surface area contributed by atoms with E-state index < -0.39 is 15.8 Å². The first-order valence-electron chi connectivity index (χ1n) is 13.2. The Kier molecular flexibility index (Phi) is 10.9. The SMILES string of the molecule is CCCCN(c1cc(C(=O)Nc2ccc(S(=O)(=O)CCCC(=O)OCC)cc2)ncn1)C1CCCCC1. The van der Waals surface area contributed by atoms with Gasteiger partial charge in [0.1, 0.15) is 17.8 Å². The third-order valence-corrected chi connectivity index (χ3v) is 8.33. The van der Waals surface area contributed by atoms with Crippen molar-refractivity contribution in [2.24, 2.45) is 0 Å². The minimum atomic E-state index is -3.55. The lowest BCUT2D eigenvalue weighted by Crippen LogP contribution is -2.38. The monoisotopic (exact) mass is 530 g/mol. The molecule has 202 valence electrons. The zero-order valence-corrected chi connectivity index (χ0v) is 22.6. The maximum atomic E-state index is 12.9. The molecule has 2 aromatic rings. The fourth-order valence-corrected chi connectivity index (χ4v) is 5.84. The predicted octanol–water partition coefficient (Wildman–Crippen LogP) is 4.79. The fraction of sp³-hybridized carbons (Fsp3) is 0.556. The number of sulfone groups is 1. The van der Waals surface area contributed by atoms with Crippen molar-refractivity contribution in [2.45, 2.75) is 82.6 Å². The average molecular weight is 531 g/mol. The van der Waals surface area contributed by atoms with E-state index in [1.54, 1.807) is 25.1 Å². The molecule has 1 aromatic carbocycles. The highest BCUT2D eigenvalue weighted by atomic mass is 32.2. The molecule has 1 amide bonds. The van der Waals surface area contributed by atoms with Gasteiger partial charge in [0.2, 0.25) is 0 Å². The fourth-order valence-electron chi connectivity index (χ4n) is 4.53. The Morgan fingerprint density at radius 1 is 1.05 bits per heavy atom. The van der Waals surface area contributed by atoms with Crippen LogP contribution in [0.1, 0.15) is 82.1 Å². The number of ether oxygens (including phenoxy) is 1. The summed E-state index contributed by atoms with van der Waals surface area (Å²) < 4.78 is 30.0. The van der Waals surface area contributed by atoms with E-state index in [0.717, 1.165) is 38.0 Å². The molecule has 1 aliphatic carbocycles. The van der Waals surface area contributed by atoms with Crippen molar-refractivity contribution in [3.63, 3.8) is 0 Å². The molecule has 10 heteroatoms. The van der Waals surface area contributed by atoms with Gasteiger partial charge in [0.25, 0.3) is 5.91 Å². The zero-order chi connectivity index (χ0) is 26.7. The lowest BCUT2D eigenvalue weighted by atomic mass is 9.94. The molecule has 0 radical (unpaired) electrons. The molecule has 0 unspecified atom stereocenters. The Bertz CT molecular complexity index is 1130. The summed E-state index contributed by atoms with van der Waals surface area (Å²) in [4.78, 5) is 35.5. The second-order valence-corrected chi connectivity index (χ2v) is 11.4. The van der Waals surface area contributed by atoms with Crippen molar-refractivity contribution in [1.29, 1.82) is 0 Å². The van der Waals surface area contributed by atoms with E-state index in [1.165, 1.54) is 37.7 Å². The molecule has 1 heterocycles. The summed E-state index contributed by atoms with van der Waals surface area (Å²) in [5.41, 5.74) is 0.726. The number of hydrogen-bond acceptors (Lipinski definition) is 8. The number of carbonyl (C=O) groups excluding carboxylic acids is 2. The van der Waals surface area contributed by atoms with E-state index in [0.29, 0.717) is 11.7 Å². The van der Waals surface area contributed by atoms with Crippen LogP contribution in [0.4, 0.5) is 11.5 Å². The number of hydrogen-bond donors (Lipinski definition) is 1. The van der Waals surface area contributed by atoms with Crippen molar-refractivity contribution in [3.8, 4) is 0 Å². The minimum Gasteiger partial charge on any atom is -0.466 e. The largest absolute Gasteiger partial charge is 0.466 e. The molecule has 0 atom stereocenters. The Morgan fingerprint density at radius 2 is 1.78 bits per heavy atom. The molecule has 0 spiro atoms. The van der Waals surface area contributed by atoms with Crippen molar-refractivity contribution >= 4 is 33.2 Å². The van der Waals surface area contributed by atoms with Crippen LogP contribution in [0.25, 0.3) is 0 Å². The minimum absolute atomic E-state index is 0.0543. The van der Waals surface area contributed by atoms with E-state index in [2.05, 4.69) is 27.1 Å². The van der Waals surface area contributed by atoms with Gasteiger partial charge in [0, 0.05) is 30.8 Å². The summed E-state index contributed by atoms with van der Waals surface area (Å²) in [7, 11) is -3.55. The lowest BCUT2D eigenvalue weighted by molar-refractivity contribution is -0.143. The van der Waals surface area contributed by atoms with Crippen molar-refractivity contribution in [1.82, 2.24) is 9.97 Å². The number of aromatic nitrogens is 2. The van der Waals surface area contributed by atoms with Gasteiger partial charge in [-0.25, -0.2) is 18.4 Å². The second-order valence-electron chi connectivity index (χ2n) is 9.31. The van der Waals surface area contributed by atoms with Crippen molar-refractivity contribution in [2.75, 3.05) is 29.1 Å². The standard InChI is InChI=1S/C27H38N4O5S/c1-3-5-17-31(22-10-7-6-8-11-22)25-19-24(28-20-29-25)27(33)30-21-13-15-23(16-14-21)37(34,35)18-9-12-26(32)36-4-2/h13-16,19-20,22H,3-12,17-18H2,1-2H3,(H,30,33). The third-order valence-electron chi connectivity index (χ3n) is 6.52. The highest BCUT2D eigenvalue weighted by Crippen LogP contribution is 2.27. The van der Waals surface area contributed by atoms with E-state index in [4.69, 9.17) is 4.74 Å². The van der Waals surface area contributed by atoms with Crippen LogP contribution in [0.15, 0.2) is 41.6 Å². The van der Waals surface area contributed by atoms with E-state index in [1.807, 2.05) is 0 Å². The van der Waals surface area contributed by atoms with Crippen LogP contribution in [-0.4, -0.2) is 55.2 Å². The molecule has 3 rings (SSSR count). The van der Waals surface area contributed by atoms with Gasteiger partial charge in [-0.2, -0.15) is 0 Å². The molecular formula is C27H38N4O5S. The average Bonchev–Trinajstić information content (AvgIpc) is 2.90. The summed E-state index contributed by atoms with van der Waals surface area (Å²) in [6.45, 7) is 5.04. The van der Waals surface area contributed by atoms with Gasteiger partial charge in [-0.1, -0.05) is 32.6 Å². The predicted molar refractivity (Wildman–Crippen MR) is 143 cm³/mol. The van der Waals surface area contributed by atoms with E-state index in [-0.39, 0.29) is 41.7 Å². The smallest absolute Gasteiger partial charge is 0.305 e. The quantitative estimate of drug-likeness (QED) is 0.367. The molecule has 37 heavy (non-hydrogen) atoms. The number of nitrogens with zero attached hydrogens (tertiary/aromatic N) is 3. The normalized spacial score (nSPS) is 14.2. The van der Waals surface area contributed by atoms with Crippen LogP contribution in [0.3, 0.4) is 0 Å². The first-order valence-corrected chi connectivity index (χ1v) is 14.9. The van der Waals surface area contributed by atoms with Crippen LogP contribution >= 0.6 is 0 Å². The Hall–Kier alpha value is -3.01. The van der Waals surface area contributed by atoms with E-state index >= 15 is 0 Å². The van der Waals surface area contributed by atoms with Gasteiger partial charge in [-0.05, 0) is 56.9 Å². The Morgan fingerprint density at radius 3 is 2.46 bits per heavy atom.